The molecule has 160 valence electrons. The van der Waals surface area contributed by atoms with Crippen LogP contribution in [-0.2, 0) is 9.59 Å². The summed E-state index contributed by atoms with van der Waals surface area (Å²) in [6, 6.07) is 16.4. The van der Waals surface area contributed by atoms with Gasteiger partial charge in [0, 0.05) is 35.1 Å². The smallest absolute Gasteiger partial charge is 0.262 e. The Balaban J connectivity index is 1.45. The van der Waals surface area contributed by atoms with Crippen molar-refractivity contribution in [3.05, 3.63) is 59.6 Å². The number of primary amides is 1. The topological polar surface area (TPSA) is 97.5 Å². The van der Waals surface area contributed by atoms with Crippen LogP contribution in [0.15, 0.2) is 54.6 Å². The molecular formula is C23H23ClN4O3. The van der Waals surface area contributed by atoms with E-state index in [1.807, 2.05) is 24.3 Å². The number of nitrogens with two attached hydrogens (primary N) is 1. The number of hydrogen-bond donors (Lipinski definition) is 2. The normalized spacial score (nSPS) is 14.4. The maximum absolute atomic E-state index is 12.3. The molecule has 0 unspecified atom stereocenters. The van der Waals surface area contributed by atoms with Crippen molar-refractivity contribution in [2.24, 2.45) is 11.7 Å². The first-order chi connectivity index (χ1) is 15.0. The summed E-state index contributed by atoms with van der Waals surface area (Å²) < 4.78 is 5.79. The minimum Gasteiger partial charge on any atom is -0.481 e. The quantitative estimate of drug-likeness (QED) is 0.612. The van der Waals surface area contributed by atoms with Crippen molar-refractivity contribution in [1.29, 1.82) is 0 Å². The van der Waals surface area contributed by atoms with Gasteiger partial charge in [-0.3, -0.25) is 9.59 Å². The summed E-state index contributed by atoms with van der Waals surface area (Å²) in [6.07, 6.45) is 1.44. The first-order valence-corrected chi connectivity index (χ1v) is 10.5. The molecule has 1 aliphatic heterocycles. The van der Waals surface area contributed by atoms with Crippen LogP contribution in [0.2, 0.25) is 5.02 Å². The van der Waals surface area contributed by atoms with Gasteiger partial charge in [-0.1, -0.05) is 23.7 Å². The van der Waals surface area contributed by atoms with E-state index in [0.717, 1.165) is 37.1 Å². The van der Waals surface area contributed by atoms with Crippen LogP contribution in [0.1, 0.15) is 12.8 Å². The molecule has 2 aromatic carbocycles. The molecule has 3 aromatic rings. The van der Waals surface area contributed by atoms with E-state index in [9.17, 15) is 9.59 Å². The number of para-hydroxylation sites is 1. The predicted molar refractivity (Wildman–Crippen MR) is 121 cm³/mol. The molecule has 4 rings (SSSR count). The van der Waals surface area contributed by atoms with Crippen molar-refractivity contribution in [2.75, 3.05) is 29.9 Å². The fourth-order valence-corrected chi connectivity index (χ4v) is 3.79. The number of halogens is 1. The van der Waals surface area contributed by atoms with Crippen molar-refractivity contribution in [1.82, 2.24) is 4.98 Å². The zero-order chi connectivity index (χ0) is 21.8. The van der Waals surface area contributed by atoms with Crippen molar-refractivity contribution >= 4 is 45.8 Å². The molecule has 3 N–H and O–H groups in total. The van der Waals surface area contributed by atoms with Gasteiger partial charge in [0.15, 0.2) is 6.61 Å². The van der Waals surface area contributed by atoms with E-state index < -0.39 is 0 Å². The number of piperidine rings is 1. The van der Waals surface area contributed by atoms with E-state index in [-0.39, 0.29) is 24.3 Å². The Labute approximate surface area is 185 Å². The van der Waals surface area contributed by atoms with Crippen LogP contribution in [-0.4, -0.2) is 36.5 Å². The fourth-order valence-electron chi connectivity index (χ4n) is 3.67. The number of ether oxygens (including phenoxy) is 1. The molecule has 0 radical (unpaired) electrons. The van der Waals surface area contributed by atoms with Gasteiger partial charge in [-0.25, -0.2) is 4.98 Å². The molecule has 0 bridgehead atoms. The lowest BCUT2D eigenvalue weighted by Gasteiger charge is -2.31. The number of nitrogens with one attached hydrogen (secondary N) is 1. The molecule has 8 heteroatoms. The van der Waals surface area contributed by atoms with Gasteiger partial charge >= 0.3 is 0 Å². The molecule has 2 heterocycles. The molecule has 0 atom stereocenters. The van der Waals surface area contributed by atoms with Crippen LogP contribution >= 0.6 is 11.6 Å². The number of rotatable bonds is 6. The zero-order valence-corrected chi connectivity index (χ0v) is 17.6. The molecule has 0 spiro atoms. The van der Waals surface area contributed by atoms with E-state index in [1.54, 1.807) is 30.3 Å². The summed E-state index contributed by atoms with van der Waals surface area (Å²) >= 11 is 5.87. The lowest BCUT2D eigenvalue weighted by Crippen LogP contribution is -2.38. The highest BCUT2D eigenvalue weighted by Gasteiger charge is 2.24. The van der Waals surface area contributed by atoms with Crippen LogP contribution < -0.4 is 20.7 Å². The lowest BCUT2D eigenvalue weighted by molar-refractivity contribution is -0.122. The number of anilines is 2. The minimum absolute atomic E-state index is 0.0743. The van der Waals surface area contributed by atoms with Gasteiger partial charge in [0.05, 0.1) is 0 Å². The number of aromatic nitrogens is 1. The Morgan fingerprint density at radius 3 is 2.55 bits per heavy atom. The summed E-state index contributed by atoms with van der Waals surface area (Å²) in [5.41, 5.74) is 6.77. The Bertz CT molecular complexity index is 1100. The van der Waals surface area contributed by atoms with Gasteiger partial charge < -0.3 is 20.7 Å². The highest BCUT2D eigenvalue weighted by atomic mass is 35.5. The van der Waals surface area contributed by atoms with E-state index >= 15 is 0 Å². The molecule has 1 aliphatic rings. The highest BCUT2D eigenvalue weighted by Crippen LogP contribution is 2.28. The molecule has 7 nitrogen and oxygen atoms in total. The van der Waals surface area contributed by atoms with Crippen molar-refractivity contribution < 1.29 is 14.3 Å². The fraction of sp³-hybridized carbons (Fsp3) is 0.261. The molecule has 0 saturated carbocycles. The van der Waals surface area contributed by atoms with Crippen molar-refractivity contribution in [2.45, 2.75) is 12.8 Å². The third-order valence-corrected chi connectivity index (χ3v) is 5.63. The molecule has 1 saturated heterocycles. The van der Waals surface area contributed by atoms with Gasteiger partial charge in [-0.05, 0) is 55.3 Å². The van der Waals surface area contributed by atoms with Gasteiger partial charge in [-0.15, -0.1) is 0 Å². The molecule has 31 heavy (non-hydrogen) atoms. The second kappa shape index (κ2) is 9.22. The molecule has 2 amide bonds. The SMILES string of the molecule is NC(=O)C1CCN(c2ccc3cccc(OCC(=O)Nc4ccc(Cl)cc4)c3n2)CC1. The van der Waals surface area contributed by atoms with Gasteiger partial charge in [0.25, 0.3) is 5.91 Å². The second-order valence-corrected chi connectivity index (χ2v) is 7.94. The molecule has 1 aromatic heterocycles. The van der Waals surface area contributed by atoms with Gasteiger partial charge in [0.2, 0.25) is 5.91 Å². The number of amides is 2. The first kappa shape index (κ1) is 20.9. The van der Waals surface area contributed by atoms with Crippen LogP contribution in [0.5, 0.6) is 5.75 Å². The number of fused-ring (bicyclic) bond motifs is 1. The maximum Gasteiger partial charge on any atom is 0.262 e. The Morgan fingerprint density at radius 1 is 1.10 bits per heavy atom. The average molecular weight is 439 g/mol. The standard InChI is InChI=1S/C23H23ClN4O3/c24-17-5-7-18(8-6-17)26-21(29)14-31-19-3-1-2-15-4-9-20(27-22(15)19)28-12-10-16(11-13-28)23(25)30/h1-9,16H,10-14H2,(H2,25,30)(H,26,29). The summed E-state index contributed by atoms with van der Waals surface area (Å²) in [5, 5.41) is 4.30. The molecular weight excluding hydrogens is 416 g/mol. The number of carbonyl (C=O) groups is 2. The highest BCUT2D eigenvalue weighted by molar-refractivity contribution is 6.30. The van der Waals surface area contributed by atoms with Crippen LogP contribution in [0.25, 0.3) is 10.9 Å². The summed E-state index contributed by atoms with van der Waals surface area (Å²) in [7, 11) is 0. The van der Waals surface area contributed by atoms with E-state index in [4.69, 9.17) is 27.1 Å². The number of nitrogens with zero attached hydrogens (tertiary/aromatic N) is 2. The van der Waals surface area contributed by atoms with Crippen LogP contribution in [0.3, 0.4) is 0 Å². The van der Waals surface area contributed by atoms with Gasteiger partial charge in [-0.2, -0.15) is 0 Å². The molecule has 1 fully saturated rings. The Morgan fingerprint density at radius 2 is 1.84 bits per heavy atom. The summed E-state index contributed by atoms with van der Waals surface area (Å²) in [6.45, 7) is 1.30. The van der Waals surface area contributed by atoms with Gasteiger partial charge in [0.1, 0.15) is 17.1 Å². The second-order valence-electron chi connectivity index (χ2n) is 7.50. The van der Waals surface area contributed by atoms with E-state index in [1.165, 1.54) is 0 Å². The lowest BCUT2D eigenvalue weighted by atomic mass is 9.96. The Hall–Kier alpha value is -3.32. The third-order valence-electron chi connectivity index (χ3n) is 5.38. The summed E-state index contributed by atoms with van der Waals surface area (Å²) in [4.78, 5) is 30.6. The third kappa shape index (κ3) is 5.06. The monoisotopic (exact) mass is 438 g/mol. The zero-order valence-electron chi connectivity index (χ0n) is 16.9. The number of pyridine rings is 1. The van der Waals surface area contributed by atoms with E-state index in [2.05, 4.69) is 10.2 Å². The van der Waals surface area contributed by atoms with Crippen molar-refractivity contribution in [3.63, 3.8) is 0 Å². The van der Waals surface area contributed by atoms with E-state index in [0.29, 0.717) is 22.0 Å². The van der Waals surface area contributed by atoms with Crippen LogP contribution in [0, 0.1) is 5.92 Å². The Kier molecular flexibility index (Phi) is 6.23. The summed E-state index contributed by atoms with van der Waals surface area (Å²) in [5.74, 6) is 0.771. The number of carbonyl (C=O) groups excluding carboxylic acids is 2. The molecule has 0 aliphatic carbocycles. The largest absolute Gasteiger partial charge is 0.481 e. The maximum atomic E-state index is 12.3. The number of benzene rings is 2. The minimum atomic E-state index is -0.274. The predicted octanol–water partition coefficient (Wildman–Crippen LogP) is 3.61. The number of hydrogen-bond acceptors (Lipinski definition) is 5. The van der Waals surface area contributed by atoms with Crippen LogP contribution in [0.4, 0.5) is 11.5 Å². The average Bonchev–Trinajstić information content (AvgIpc) is 2.79. The van der Waals surface area contributed by atoms with Crippen molar-refractivity contribution in [3.8, 4) is 5.75 Å². The first-order valence-electron chi connectivity index (χ1n) is 10.1.